The van der Waals surface area contributed by atoms with Crippen LogP contribution in [0.2, 0.25) is 0 Å². The van der Waals surface area contributed by atoms with E-state index in [1.54, 1.807) is 53.1 Å². The summed E-state index contributed by atoms with van der Waals surface area (Å²) in [6.07, 6.45) is -0.174. The lowest BCUT2D eigenvalue weighted by molar-refractivity contribution is -0.131. The lowest BCUT2D eigenvalue weighted by Gasteiger charge is -2.23. The van der Waals surface area contributed by atoms with Crippen molar-refractivity contribution in [2.45, 2.75) is 19.8 Å². The second kappa shape index (κ2) is 11.0. The van der Waals surface area contributed by atoms with E-state index in [9.17, 15) is 24.0 Å². The smallest absolute Gasteiger partial charge is 0.434 e. The highest BCUT2D eigenvalue weighted by Crippen LogP contribution is 2.23. The molecule has 2 heterocycles. The number of carbonyl (C=O) groups is 5. The molecule has 0 atom stereocenters. The number of amides is 4. The maximum atomic E-state index is 13.0. The van der Waals surface area contributed by atoms with Crippen LogP contribution < -0.4 is 4.74 Å². The minimum atomic E-state index is -0.808. The van der Waals surface area contributed by atoms with E-state index in [-0.39, 0.29) is 49.0 Å². The number of rotatable bonds is 6. The van der Waals surface area contributed by atoms with Crippen molar-refractivity contribution in [3.8, 4) is 5.75 Å². The van der Waals surface area contributed by atoms with Crippen LogP contribution in [0.15, 0.2) is 48.5 Å². The van der Waals surface area contributed by atoms with Gasteiger partial charge < -0.3 is 19.3 Å². The predicted molar refractivity (Wildman–Crippen MR) is 128 cm³/mol. The maximum absolute atomic E-state index is 13.0. The molecule has 10 heteroatoms. The van der Waals surface area contributed by atoms with E-state index < -0.39 is 6.16 Å². The Morgan fingerprint density at radius 1 is 0.833 bits per heavy atom. The first-order chi connectivity index (χ1) is 17.4. The Kier molecular flexibility index (Phi) is 7.62. The number of imide groups is 1. The van der Waals surface area contributed by atoms with Gasteiger partial charge in [0.15, 0.2) is 0 Å². The Morgan fingerprint density at radius 2 is 1.44 bits per heavy atom. The number of fused-ring (bicyclic) bond motifs is 1. The zero-order valence-corrected chi connectivity index (χ0v) is 20.0. The predicted octanol–water partition coefficient (Wildman–Crippen LogP) is 2.58. The zero-order chi connectivity index (χ0) is 25.7. The molecule has 0 bridgehead atoms. The van der Waals surface area contributed by atoms with Crippen LogP contribution in [0.4, 0.5) is 4.79 Å². The van der Waals surface area contributed by atoms with E-state index in [2.05, 4.69) is 0 Å². The molecule has 36 heavy (non-hydrogen) atoms. The molecule has 0 radical (unpaired) electrons. The Morgan fingerprint density at radius 3 is 2.08 bits per heavy atom. The molecule has 4 amide bonds. The van der Waals surface area contributed by atoms with E-state index in [0.717, 1.165) is 4.90 Å². The van der Waals surface area contributed by atoms with Crippen molar-refractivity contribution in [1.29, 1.82) is 0 Å². The summed E-state index contributed by atoms with van der Waals surface area (Å²) in [5, 5.41) is 0. The quantitative estimate of drug-likeness (QED) is 0.345. The van der Waals surface area contributed by atoms with Crippen LogP contribution in [-0.4, -0.2) is 83.8 Å². The Labute approximate surface area is 208 Å². The summed E-state index contributed by atoms with van der Waals surface area (Å²) in [7, 11) is 0. The van der Waals surface area contributed by atoms with E-state index in [0.29, 0.717) is 49.3 Å². The first-order valence-corrected chi connectivity index (χ1v) is 11.9. The van der Waals surface area contributed by atoms with Crippen molar-refractivity contribution in [2.24, 2.45) is 0 Å². The van der Waals surface area contributed by atoms with Crippen molar-refractivity contribution in [3.05, 3.63) is 65.2 Å². The zero-order valence-electron chi connectivity index (χ0n) is 20.0. The van der Waals surface area contributed by atoms with E-state index in [1.165, 1.54) is 12.1 Å². The summed E-state index contributed by atoms with van der Waals surface area (Å²) >= 11 is 0. The molecule has 0 N–H and O–H groups in total. The minimum absolute atomic E-state index is 0.0184. The molecule has 0 aromatic heterocycles. The van der Waals surface area contributed by atoms with Crippen LogP contribution in [0.5, 0.6) is 5.75 Å². The first kappa shape index (κ1) is 24.9. The molecule has 2 aromatic carbocycles. The molecule has 0 saturated carbocycles. The lowest BCUT2D eigenvalue weighted by Crippen LogP contribution is -2.39. The highest BCUT2D eigenvalue weighted by atomic mass is 16.7. The second-order valence-electron chi connectivity index (χ2n) is 8.39. The van der Waals surface area contributed by atoms with Gasteiger partial charge in [-0.05, 0) is 49.7 Å². The summed E-state index contributed by atoms with van der Waals surface area (Å²) in [5.41, 5.74) is 1.16. The molecular weight excluding hydrogens is 466 g/mol. The fraction of sp³-hybridized carbons (Fsp3) is 0.346. The molecule has 0 aliphatic carbocycles. The lowest BCUT2D eigenvalue weighted by atomic mass is 10.1. The van der Waals surface area contributed by atoms with Gasteiger partial charge in [-0.2, -0.15) is 0 Å². The molecule has 1 saturated heterocycles. The van der Waals surface area contributed by atoms with Crippen molar-refractivity contribution < 1.29 is 33.4 Å². The summed E-state index contributed by atoms with van der Waals surface area (Å²) in [6.45, 7) is 3.58. The number of ether oxygens (including phenoxy) is 2. The second-order valence-corrected chi connectivity index (χ2v) is 8.39. The molecule has 0 unspecified atom stereocenters. The molecule has 2 aromatic rings. The molecule has 1 fully saturated rings. The van der Waals surface area contributed by atoms with Crippen molar-refractivity contribution in [1.82, 2.24) is 14.7 Å². The van der Waals surface area contributed by atoms with Crippen molar-refractivity contribution in [2.75, 3.05) is 39.3 Å². The summed E-state index contributed by atoms with van der Waals surface area (Å²) in [4.78, 5) is 66.7. The maximum Gasteiger partial charge on any atom is 0.513 e. The number of benzene rings is 2. The molecule has 188 valence electrons. The highest BCUT2D eigenvalue weighted by molar-refractivity contribution is 6.21. The molecule has 2 aliphatic rings. The fourth-order valence-corrected chi connectivity index (χ4v) is 4.27. The first-order valence-electron chi connectivity index (χ1n) is 11.9. The molecule has 0 spiro atoms. The van der Waals surface area contributed by atoms with Crippen LogP contribution in [0.3, 0.4) is 0 Å². The summed E-state index contributed by atoms with van der Waals surface area (Å²) in [6, 6.07) is 12.8. The van der Waals surface area contributed by atoms with Crippen molar-refractivity contribution >= 4 is 29.8 Å². The third kappa shape index (κ3) is 5.37. The highest BCUT2D eigenvalue weighted by Gasteiger charge is 2.35. The Balaban J connectivity index is 1.28. The van der Waals surface area contributed by atoms with Crippen LogP contribution in [0.1, 0.15) is 50.8 Å². The Hall–Kier alpha value is -4.21. The van der Waals surface area contributed by atoms with Gasteiger partial charge in [0.1, 0.15) is 5.75 Å². The average Bonchev–Trinajstić information content (AvgIpc) is 3.03. The topological polar surface area (TPSA) is 114 Å². The van der Waals surface area contributed by atoms with Gasteiger partial charge in [0, 0.05) is 44.7 Å². The van der Waals surface area contributed by atoms with E-state index in [4.69, 9.17) is 9.47 Å². The van der Waals surface area contributed by atoms with Gasteiger partial charge >= 0.3 is 6.16 Å². The van der Waals surface area contributed by atoms with Gasteiger partial charge in [-0.1, -0.05) is 12.1 Å². The number of carbonyl (C=O) groups excluding carboxylic acids is 5. The van der Waals surface area contributed by atoms with Crippen LogP contribution in [-0.2, 0) is 9.53 Å². The number of hydrogen-bond donors (Lipinski definition) is 0. The molecular formula is C26H27N3O7. The van der Waals surface area contributed by atoms with E-state index >= 15 is 0 Å². The number of hydrogen-bond acceptors (Lipinski definition) is 7. The average molecular weight is 494 g/mol. The van der Waals surface area contributed by atoms with Gasteiger partial charge in [-0.25, -0.2) is 4.79 Å². The van der Waals surface area contributed by atoms with Crippen LogP contribution in [0, 0.1) is 0 Å². The number of nitrogens with zero attached hydrogens (tertiary/aromatic N) is 3. The van der Waals surface area contributed by atoms with Gasteiger partial charge in [0.25, 0.3) is 17.7 Å². The molecule has 10 nitrogen and oxygen atoms in total. The normalized spacial score (nSPS) is 15.4. The third-order valence-electron chi connectivity index (χ3n) is 6.13. The molecule has 4 rings (SSSR count). The standard InChI is InChI=1S/C26H27N3O7/c1-2-35-26(34)36-19-10-8-18(9-11-19)23(31)28-14-5-13-27(16-17-28)22(30)12-15-29-24(32)20-6-3-4-7-21(20)25(29)33/h3-4,6-11H,2,5,12-17H2,1H3. The minimum Gasteiger partial charge on any atom is -0.434 e. The van der Waals surface area contributed by atoms with Crippen LogP contribution in [0.25, 0.3) is 0 Å². The monoisotopic (exact) mass is 493 g/mol. The Bertz CT molecular complexity index is 1140. The van der Waals surface area contributed by atoms with Gasteiger partial charge in [0.05, 0.1) is 17.7 Å². The SMILES string of the molecule is CCOC(=O)Oc1ccc(C(=O)N2CCCN(C(=O)CCN3C(=O)c4ccccc4C3=O)CC2)cc1. The van der Waals surface area contributed by atoms with E-state index in [1.807, 2.05) is 0 Å². The fourth-order valence-electron chi connectivity index (χ4n) is 4.27. The van der Waals surface area contributed by atoms with Crippen molar-refractivity contribution in [3.63, 3.8) is 0 Å². The largest absolute Gasteiger partial charge is 0.513 e. The summed E-state index contributed by atoms with van der Waals surface area (Å²) < 4.78 is 9.74. The summed E-state index contributed by atoms with van der Waals surface area (Å²) in [5.74, 6) is -0.834. The van der Waals surface area contributed by atoms with Gasteiger partial charge in [-0.3, -0.25) is 24.1 Å². The van der Waals surface area contributed by atoms with Gasteiger partial charge in [-0.15, -0.1) is 0 Å². The molecule has 2 aliphatic heterocycles. The van der Waals surface area contributed by atoms with Gasteiger partial charge in [0.2, 0.25) is 5.91 Å². The third-order valence-corrected chi connectivity index (χ3v) is 6.13. The van der Waals surface area contributed by atoms with Crippen LogP contribution >= 0.6 is 0 Å².